The molecule has 0 radical (unpaired) electrons. The third-order valence-corrected chi connectivity index (χ3v) is 5.62. The fraction of sp³-hybridized carbons (Fsp3) is 0.381. The van der Waals surface area contributed by atoms with E-state index in [1.54, 1.807) is 20.3 Å². The molecule has 2 aromatic carbocycles. The number of ether oxygens (including phenoxy) is 3. The smallest absolute Gasteiger partial charge is 0.203 e. The molecule has 1 aliphatic carbocycles. The molecule has 0 aliphatic heterocycles. The first-order valence-corrected chi connectivity index (χ1v) is 10.2. The fourth-order valence-corrected chi connectivity index (χ4v) is 4.07. The summed E-state index contributed by atoms with van der Waals surface area (Å²) < 4.78 is 17.1. The van der Waals surface area contributed by atoms with E-state index in [0.29, 0.717) is 28.8 Å². The molecule has 0 aromatic heterocycles. The van der Waals surface area contributed by atoms with Crippen LogP contribution in [0.1, 0.15) is 30.5 Å². The van der Waals surface area contributed by atoms with Crippen molar-refractivity contribution in [1.82, 2.24) is 0 Å². The second kappa shape index (κ2) is 8.23. The largest absolute Gasteiger partial charge is 0.492 e. The Balaban J connectivity index is 2.40. The van der Waals surface area contributed by atoms with Crippen molar-refractivity contribution in [2.45, 2.75) is 30.7 Å². The molecule has 1 aliphatic rings. The van der Waals surface area contributed by atoms with Crippen molar-refractivity contribution in [3.63, 3.8) is 0 Å². The van der Waals surface area contributed by atoms with Crippen LogP contribution in [-0.2, 0) is 6.42 Å². The average Bonchev–Trinajstić information content (AvgIpc) is 2.90. The number of methoxy groups -OCH3 is 2. The molecule has 2 N–H and O–H groups in total. The minimum atomic E-state index is -0.228. The van der Waals surface area contributed by atoms with E-state index in [4.69, 9.17) is 19.9 Å². The highest BCUT2D eigenvalue weighted by Crippen LogP contribution is 2.50. The van der Waals surface area contributed by atoms with Crippen LogP contribution >= 0.6 is 11.8 Å². The fourth-order valence-electron chi connectivity index (χ4n) is 3.61. The Morgan fingerprint density at radius 3 is 2.56 bits per heavy atom. The SMILES string of the molecule is CCOc1cc2c(c(OC)c1OC)-c1ccc(SC)c(=O)cc1C(N)CC2. The van der Waals surface area contributed by atoms with Gasteiger partial charge in [0, 0.05) is 11.6 Å². The van der Waals surface area contributed by atoms with Gasteiger partial charge >= 0.3 is 0 Å². The molecule has 0 heterocycles. The van der Waals surface area contributed by atoms with Crippen LogP contribution in [0, 0.1) is 0 Å². The van der Waals surface area contributed by atoms with Gasteiger partial charge in [0.25, 0.3) is 0 Å². The topological polar surface area (TPSA) is 70.8 Å². The van der Waals surface area contributed by atoms with Crippen LogP contribution in [0.2, 0.25) is 0 Å². The van der Waals surface area contributed by atoms with Crippen molar-refractivity contribution in [3.8, 4) is 28.4 Å². The Hall–Kier alpha value is -2.18. The van der Waals surface area contributed by atoms with E-state index < -0.39 is 0 Å². The first kappa shape index (κ1) is 19.6. The van der Waals surface area contributed by atoms with Crippen LogP contribution in [0.25, 0.3) is 11.1 Å². The normalized spacial score (nSPS) is 15.4. The van der Waals surface area contributed by atoms with Gasteiger partial charge in [-0.05, 0) is 60.9 Å². The quantitative estimate of drug-likeness (QED) is 0.787. The zero-order valence-corrected chi connectivity index (χ0v) is 16.9. The number of aryl methyl sites for hydroxylation is 1. The first-order valence-electron chi connectivity index (χ1n) is 8.94. The molecule has 3 rings (SSSR count). The number of rotatable bonds is 5. The molecule has 27 heavy (non-hydrogen) atoms. The highest BCUT2D eigenvalue weighted by Gasteiger charge is 2.27. The summed E-state index contributed by atoms with van der Waals surface area (Å²) in [5, 5.41) is 0. The van der Waals surface area contributed by atoms with Crippen molar-refractivity contribution >= 4 is 11.8 Å². The van der Waals surface area contributed by atoms with Gasteiger partial charge in [-0.2, -0.15) is 0 Å². The zero-order chi connectivity index (χ0) is 19.6. The average molecular weight is 388 g/mol. The molecule has 2 aromatic rings. The molecular weight excluding hydrogens is 362 g/mol. The van der Waals surface area contributed by atoms with Crippen LogP contribution in [0.4, 0.5) is 0 Å². The third kappa shape index (κ3) is 3.51. The van der Waals surface area contributed by atoms with Crippen molar-refractivity contribution in [1.29, 1.82) is 0 Å². The Bertz CT molecular complexity index is 914. The van der Waals surface area contributed by atoms with Crippen LogP contribution in [-0.4, -0.2) is 27.1 Å². The second-order valence-corrected chi connectivity index (χ2v) is 7.18. The van der Waals surface area contributed by atoms with Gasteiger partial charge in [-0.1, -0.05) is 6.07 Å². The molecular formula is C21H25NO4S. The standard InChI is InChI=1S/C21H25NO4S/c1-5-26-17-10-12-6-8-15(22)14-11-16(23)18(27-4)9-7-13(14)19(12)21(25-3)20(17)24-2/h7,9-11,15H,5-6,8,22H2,1-4H3. The predicted octanol–water partition coefficient (Wildman–Crippen LogP) is 3.80. The molecule has 1 unspecified atom stereocenters. The second-order valence-electron chi connectivity index (χ2n) is 6.33. The van der Waals surface area contributed by atoms with E-state index in [0.717, 1.165) is 35.1 Å². The lowest BCUT2D eigenvalue weighted by molar-refractivity contribution is 0.296. The maximum atomic E-state index is 12.6. The maximum Gasteiger partial charge on any atom is 0.203 e. The van der Waals surface area contributed by atoms with Crippen molar-refractivity contribution in [2.75, 3.05) is 27.1 Å². The summed E-state index contributed by atoms with van der Waals surface area (Å²) in [4.78, 5) is 13.2. The lowest BCUT2D eigenvalue weighted by Gasteiger charge is -2.19. The highest BCUT2D eigenvalue weighted by atomic mass is 32.2. The van der Waals surface area contributed by atoms with Gasteiger partial charge in [-0.3, -0.25) is 4.79 Å². The van der Waals surface area contributed by atoms with E-state index in [9.17, 15) is 4.79 Å². The van der Waals surface area contributed by atoms with Gasteiger partial charge in [0.15, 0.2) is 16.9 Å². The molecule has 0 spiro atoms. The van der Waals surface area contributed by atoms with Gasteiger partial charge in [0.2, 0.25) is 5.75 Å². The van der Waals surface area contributed by atoms with Crippen LogP contribution < -0.4 is 25.4 Å². The minimum Gasteiger partial charge on any atom is -0.492 e. The van der Waals surface area contributed by atoms with Crippen molar-refractivity contribution in [2.24, 2.45) is 5.73 Å². The summed E-state index contributed by atoms with van der Waals surface area (Å²) in [7, 11) is 3.22. The lowest BCUT2D eigenvalue weighted by atomic mass is 9.95. The van der Waals surface area contributed by atoms with E-state index in [-0.39, 0.29) is 11.5 Å². The summed E-state index contributed by atoms with van der Waals surface area (Å²) >= 11 is 1.43. The Morgan fingerprint density at radius 2 is 1.93 bits per heavy atom. The number of thioether (sulfide) groups is 1. The minimum absolute atomic E-state index is 0.0143. The molecule has 144 valence electrons. The number of nitrogens with two attached hydrogens (primary N) is 1. The molecule has 0 fully saturated rings. The van der Waals surface area contributed by atoms with Gasteiger partial charge in [0.1, 0.15) is 0 Å². The summed E-state index contributed by atoms with van der Waals surface area (Å²) in [6.45, 7) is 2.46. The number of hydrogen-bond acceptors (Lipinski definition) is 6. The molecule has 6 heteroatoms. The van der Waals surface area contributed by atoms with E-state index in [2.05, 4.69) is 0 Å². The zero-order valence-electron chi connectivity index (χ0n) is 16.1. The Labute approximate surface area is 163 Å². The molecule has 0 amide bonds. The lowest BCUT2D eigenvalue weighted by Crippen LogP contribution is -2.12. The molecule has 0 saturated heterocycles. The van der Waals surface area contributed by atoms with E-state index in [1.165, 1.54) is 11.8 Å². The predicted molar refractivity (Wildman–Crippen MR) is 109 cm³/mol. The van der Waals surface area contributed by atoms with Gasteiger partial charge < -0.3 is 19.9 Å². The monoisotopic (exact) mass is 387 g/mol. The van der Waals surface area contributed by atoms with Crippen molar-refractivity contribution in [3.05, 3.63) is 45.6 Å². The number of hydrogen-bond donors (Lipinski definition) is 1. The highest BCUT2D eigenvalue weighted by molar-refractivity contribution is 7.98. The molecule has 0 bridgehead atoms. The van der Waals surface area contributed by atoms with Crippen LogP contribution in [0.5, 0.6) is 17.2 Å². The number of benzene rings is 1. The summed E-state index contributed by atoms with van der Waals surface area (Å²) in [6.07, 6.45) is 3.39. The summed E-state index contributed by atoms with van der Waals surface area (Å²) in [5.41, 5.74) is 10.2. The van der Waals surface area contributed by atoms with Gasteiger partial charge in [-0.25, -0.2) is 0 Å². The Kier molecular flexibility index (Phi) is 5.97. The van der Waals surface area contributed by atoms with Crippen LogP contribution in [0.15, 0.2) is 34.0 Å². The summed E-state index contributed by atoms with van der Waals surface area (Å²) in [6, 6.07) is 7.27. The van der Waals surface area contributed by atoms with Crippen LogP contribution in [0.3, 0.4) is 0 Å². The van der Waals surface area contributed by atoms with E-state index >= 15 is 0 Å². The first-order chi connectivity index (χ1) is 13.0. The van der Waals surface area contributed by atoms with Crippen molar-refractivity contribution < 1.29 is 14.2 Å². The van der Waals surface area contributed by atoms with Gasteiger partial charge in [-0.15, -0.1) is 11.8 Å². The maximum absolute atomic E-state index is 12.6. The van der Waals surface area contributed by atoms with Gasteiger partial charge in [0.05, 0.1) is 25.7 Å². The molecule has 0 saturated carbocycles. The molecule has 5 nitrogen and oxygen atoms in total. The van der Waals surface area contributed by atoms with E-state index in [1.807, 2.05) is 31.4 Å². The Morgan fingerprint density at radius 1 is 1.19 bits per heavy atom. The summed E-state index contributed by atoms with van der Waals surface area (Å²) in [5.74, 6) is 1.82. The number of fused-ring (bicyclic) bond motifs is 3. The third-order valence-electron chi connectivity index (χ3n) is 4.85. The molecule has 1 atom stereocenters.